The van der Waals surface area contributed by atoms with Gasteiger partial charge in [-0.1, -0.05) is 6.92 Å². The lowest BCUT2D eigenvalue weighted by molar-refractivity contribution is -0.126. The van der Waals surface area contributed by atoms with Crippen LogP contribution in [0.1, 0.15) is 41.0 Å². The second-order valence-electron chi connectivity index (χ2n) is 6.25. The van der Waals surface area contributed by atoms with E-state index in [0.717, 1.165) is 6.42 Å². The van der Waals surface area contributed by atoms with Crippen molar-refractivity contribution < 1.29 is 4.79 Å². The molecule has 0 aromatic carbocycles. The summed E-state index contributed by atoms with van der Waals surface area (Å²) in [4.78, 5) is 24.0. The number of aryl methyl sites for hydroxylation is 1. The van der Waals surface area contributed by atoms with Gasteiger partial charge in [-0.3, -0.25) is 9.59 Å². The van der Waals surface area contributed by atoms with E-state index in [1.807, 2.05) is 34.6 Å². The summed E-state index contributed by atoms with van der Waals surface area (Å²) in [5.41, 5.74) is 5.23. The van der Waals surface area contributed by atoms with Crippen LogP contribution < -0.4 is 16.6 Å². The highest BCUT2D eigenvalue weighted by atomic mass is 16.2. The van der Waals surface area contributed by atoms with Crippen molar-refractivity contribution >= 4 is 11.6 Å². The SMILES string of the molecule is CCCn1cc(NC(=O)C(C)(C)C(C)(C)N)ccc1=O. The van der Waals surface area contributed by atoms with Crippen LogP contribution in [-0.4, -0.2) is 16.0 Å². The Morgan fingerprint density at radius 1 is 1.30 bits per heavy atom. The minimum Gasteiger partial charge on any atom is -0.325 e. The third-order valence-electron chi connectivity index (χ3n) is 3.88. The van der Waals surface area contributed by atoms with Crippen LogP contribution in [0.15, 0.2) is 23.1 Å². The van der Waals surface area contributed by atoms with Gasteiger partial charge >= 0.3 is 0 Å². The number of nitrogens with two attached hydrogens (primary N) is 1. The Bertz CT molecular complexity index is 539. The Morgan fingerprint density at radius 3 is 2.40 bits per heavy atom. The molecule has 0 aliphatic carbocycles. The van der Waals surface area contributed by atoms with Gasteiger partial charge in [-0.15, -0.1) is 0 Å². The number of carbonyl (C=O) groups excluding carboxylic acids is 1. The summed E-state index contributed by atoms with van der Waals surface area (Å²) in [6.45, 7) is 9.90. The first-order valence-corrected chi connectivity index (χ1v) is 6.90. The van der Waals surface area contributed by atoms with Crippen molar-refractivity contribution in [1.29, 1.82) is 0 Å². The third-order valence-corrected chi connectivity index (χ3v) is 3.88. The van der Waals surface area contributed by atoms with Crippen LogP contribution >= 0.6 is 0 Å². The summed E-state index contributed by atoms with van der Waals surface area (Å²) in [5.74, 6) is -0.160. The number of hydrogen-bond acceptors (Lipinski definition) is 3. The molecule has 5 heteroatoms. The van der Waals surface area contributed by atoms with Crippen molar-refractivity contribution in [2.45, 2.75) is 53.1 Å². The van der Waals surface area contributed by atoms with Gasteiger partial charge in [0, 0.05) is 24.3 Å². The lowest BCUT2D eigenvalue weighted by Crippen LogP contribution is -2.53. The van der Waals surface area contributed by atoms with Crippen LogP contribution in [0.4, 0.5) is 5.69 Å². The molecule has 5 nitrogen and oxygen atoms in total. The monoisotopic (exact) mass is 279 g/mol. The number of pyridine rings is 1. The molecule has 1 aromatic heterocycles. The average Bonchev–Trinajstić information content (AvgIpc) is 2.32. The highest BCUT2D eigenvalue weighted by Crippen LogP contribution is 2.29. The third kappa shape index (κ3) is 3.48. The van der Waals surface area contributed by atoms with E-state index in [9.17, 15) is 9.59 Å². The van der Waals surface area contributed by atoms with E-state index in [2.05, 4.69) is 5.32 Å². The van der Waals surface area contributed by atoms with E-state index in [-0.39, 0.29) is 11.5 Å². The molecule has 0 bridgehead atoms. The molecule has 0 atom stereocenters. The minimum absolute atomic E-state index is 0.0664. The molecule has 112 valence electrons. The van der Waals surface area contributed by atoms with E-state index >= 15 is 0 Å². The van der Waals surface area contributed by atoms with Crippen LogP contribution in [0.2, 0.25) is 0 Å². The number of rotatable bonds is 5. The molecular formula is C15H25N3O2. The number of nitrogens with zero attached hydrogens (tertiary/aromatic N) is 1. The van der Waals surface area contributed by atoms with Gasteiger partial charge in [-0.2, -0.15) is 0 Å². The second-order valence-corrected chi connectivity index (χ2v) is 6.25. The van der Waals surface area contributed by atoms with Gasteiger partial charge in [0.2, 0.25) is 5.91 Å². The topological polar surface area (TPSA) is 77.1 Å². The van der Waals surface area contributed by atoms with Gasteiger partial charge in [0.25, 0.3) is 5.56 Å². The highest BCUT2D eigenvalue weighted by Gasteiger charge is 2.40. The molecule has 1 aromatic rings. The molecule has 0 unspecified atom stereocenters. The van der Waals surface area contributed by atoms with Crippen molar-refractivity contribution in [1.82, 2.24) is 4.57 Å². The molecule has 3 N–H and O–H groups in total. The van der Waals surface area contributed by atoms with Crippen LogP contribution in [0, 0.1) is 5.41 Å². The Kier molecular flexibility index (Phi) is 4.76. The van der Waals surface area contributed by atoms with Crippen molar-refractivity contribution in [3.8, 4) is 0 Å². The van der Waals surface area contributed by atoms with E-state index < -0.39 is 11.0 Å². The molecular weight excluding hydrogens is 254 g/mol. The van der Waals surface area contributed by atoms with Gasteiger partial charge in [-0.05, 0) is 40.2 Å². The predicted octanol–water partition coefficient (Wildman–Crippen LogP) is 1.96. The molecule has 1 heterocycles. The van der Waals surface area contributed by atoms with Crippen LogP contribution in [-0.2, 0) is 11.3 Å². The normalized spacial score (nSPS) is 12.3. The second kappa shape index (κ2) is 5.79. The van der Waals surface area contributed by atoms with E-state index in [1.54, 1.807) is 16.8 Å². The van der Waals surface area contributed by atoms with Crippen LogP contribution in [0.25, 0.3) is 0 Å². The number of amides is 1. The molecule has 0 aliphatic heterocycles. The number of anilines is 1. The summed E-state index contributed by atoms with van der Waals surface area (Å²) in [5, 5.41) is 2.84. The van der Waals surface area contributed by atoms with Gasteiger partial charge in [0.15, 0.2) is 0 Å². The van der Waals surface area contributed by atoms with Crippen molar-refractivity contribution in [2.75, 3.05) is 5.32 Å². The van der Waals surface area contributed by atoms with E-state index in [4.69, 9.17) is 5.73 Å². The van der Waals surface area contributed by atoms with Crippen molar-refractivity contribution in [3.63, 3.8) is 0 Å². The Hall–Kier alpha value is -1.62. The van der Waals surface area contributed by atoms with Gasteiger partial charge in [-0.25, -0.2) is 0 Å². The first-order valence-electron chi connectivity index (χ1n) is 6.90. The summed E-state index contributed by atoms with van der Waals surface area (Å²) in [6.07, 6.45) is 2.53. The smallest absolute Gasteiger partial charge is 0.250 e. The van der Waals surface area contributed by atoms with Gasteiger partial charge < -0.3 is 15.6 Å². The van der Waals surface area contributed by atoms with E-state index in [1.165, 1.54) is 6.07 Å². The Labute approximate surface area is 120 Å². The fourth-order valence-electron chi connectivity index (χ4n) is 1.60. The fourth-order valence-corrected chi connectivity index (χ4v) is 1.60. The maximum absolute atomic E-state index is 12.4. The zero-order valence-corrected chi connectivity index (χ0v) is 13.0. The van der Waals surface area contributed by atoms with Crippen molar-refractivity contribution in [2.24, 2.45) is 11.1 Å². The summed E-state index contributed by atoms with van der Waals surface area (Å²) >= 11 is 0. The highest BCUT2D eigenvalue weighted by molar-refractivity contribution is 5.95. The zero-order chi connectivity index (χ0) is 15.6. The van der Waals surface area contributed by atoms with Gasteiger partial charge in [0.1, 0.15) is 0 Å². The summed E-state index contributed by atoms with van der Waals surface area (Å²) < 4.78 is 1.59. The standard InChI is InChI=1S/C15H25N3O2/c1-6-9-18-10-11(7-8-12(18)19)17-13(20)14(2,3)15(4,5)16/h7-8,10H,6,9,16H2,1-5H3,(H,17,20). The number of hydrogen-bond donors (Lipinski definition) is 2. The minimum atomic E-state index is -0.723. The molecule has 0 saturated heterocycles. The molecule has 0 saturated carbocycles. The quantitative estimate of drug-likeness (QED) is 0.865. The first-order chi connectivity index (χ1) is 9.09. The maximum Gasteiger partial charge on any atom is 0.250 e. The fraction of sp³-hybridized carbons (Fsp3) is 0.600. The molecule has 1 rings (SSSR count). The first kappa shape index (κ1) is 16.4. The van der Waals surface area contributed by atoms with Crippen LogP contribution in [0.5, 0.6) is 0 Å². The zero-order valence-electron chi connectivity index (χ0n) is 13.0. The maximum atomic E-state index is 12.4. The van der Waals surface area contributed by atoms with Gasteiger partial charge in [0.05, 0.1) is 11.1 Å². The largest absolute Gasteiger partial charge is 0.325 e. The molecule has 0 spiro atoms. The lowest BCUT2D eigenvalue weighted by Gasteiger charge is -2.36. The average molecular weight is 279 g/mol. The predicted molar refractivity (Wildman–Crippen MR) is 81.7 cm³/mol. The van der Waals surface area contributed by atoms with Crippen molar-refractivity contribution in [3.05, 3.63) is 28.7 Å². The number of aromatic nitrogens is 1. The molecule has 0 aliphatic rings. The van der Waals surface area contributed by atoms with E-state index in [0.29, 0.717) is 12.2 Å². The molecule has 20 heavy (non-hydrogen) atoms. The Morgan fingerprint density at radius 2 is 1.90 bits per heavy atom. The molecule has 0 radical (unpaired) electrons. The summed E-state index contributed by atoms with van der Waals surface area (Å²) in [7, 11) is 0. The number of nitrogens with one attached hydrogen (secondary N) is 1. The lowest BCUT2D eigenvalue weighted by atomic mass is 9.74. The number of carbonyl (C=O) groups is 1. The molecule has 0 fully saturated rings. The molecule has 1 amide bonds. The summed E-state index contributed by atoms with van der Waals surface area (Å²) in [6, 6.07) is 3.08. The Balaban J connectivity index is 2.97. The van der Waals surface area contributed by atoms with Crippen LogP contribution in [0.3, 0.4) is 0 Å².